The van der Waals surface area contributed by atoms with Gasteiger partial charge in [0, 0.05) is 5.92 Å². The van der Waals surface area contributed by atoms with Crippen LogP contribution in [0.25, 0.3) is 0 Å². The molecule has 1 heterocycles. The van der Waals surface area contributed by atoms with Crippen molar-refractivity contribution in [3.05, 3.63) is 60.2 Å². The predicted octanol–water partition coefficient (Wildman–Crippen LogP) is 3.14. The van der Waals surface area contributed by atoms with Crippen LogP contribution in [0.2, 0.25) is 0 Å². The molecule has 1 aliphatic heterocycles. The van der Waals surface area contributed by atoms with Crippen molar-refractivity contribution in [1.29, 1.82) is 0 Å². The van der Waals surface area contributed by atoms with Gasteiger partial charge in [-0.2, -0.15) is 0 Å². The number of anilines is 1. The Balaban J connectivity index is 1.66. The Kier molecular flexibility index (Phi) is 6.86. The van der Waals surface area contributed by atoms with Crippen molar-refractivity contribution < 1.29 is 22.8 Å². The molecule has 9 heteroatoms. The van der Waals surface area contributed by atoms with E-state index in [1.807, 2.05) is 37.3 Å². The van der Waals surface area contributed by atoms with Gasteiger partial charge in [0.2, 0.25) is 21.8 Å². The fourth-order valence-electron chi connectivity index (χ4n) is 4.96. The van der Waals surface area contributed by atoms with Crippen molar-refractivity contribution in [1.82, 2.24) is 4.90 Å². The molecule has 2 atom stereocenters. The molecule has 180 valence electrons. The first-order chi connectivity index (χ1) is 16.2. The zero-order chi connectivity index (χ0) is 24.5. The van der Waals surface area contributed by atoms with Gasteiger partial charge in [-0.3, -0.25) is 14.4 Å². The number of primary sulfonamides is 1. The van der Waals surface area contributed by atoms with Crippen LogP contribution in [-0.4, -0.2) is 37.1 Å². The van der Waals surface area contributed by atoms with Crippen molar-refractivity contribution in [2.45, 2.75) is 62.4 Å². The first-order valence-electron chi connectivity index (χ1n) is 11.6. The van der Waals surface area contributed by atoms with Crippen LogP contribution in [0.4, 0.5) is 5.69 Å². The minimum atomic E-state index is -3.90. The van der Waals surface area contributed by atoms with Gasteiger partial charge in [0.1, 0.15) is 6.04 Å². The minimum Gasteiger partial charge on any atom is -0.323 e. The van der Waals surface area contributed by atoms with E-state index in [1.165, 1.54) is 24.3 Å². The number of rotatable bonds is 6. The number of nitrogens with zero attached hydrogens (tertiary/aromatic N) is 2. The van der Waals surface area contributed by atoms with E-state index in [2.05, 4.69) is 0 Å². The molecule has 34 heavy (non-hydrogen) atoms. The molecular weight excluding hydrogens is 454 g/mol. The van der Waals surface area contributed by atoms with Crippen LogP contribution in [0, 0.1) is 5.92 Å². The quantitative estimate of drug-likeness (QED) is 0.634. The summed E-state index contributed by atoms with van der Waals surface area (Å²) >= 11 is 0. The fourth-order valence-corrected chi connectivity index (χ4v) is 5.47. The summed E-state index contributed by atoms with van der Waals surface area (Å²) in [5, 5.41) is 5.15. The maximum atomic E-state index is 13.7. The third-order valence-corrected chi connectivity index (χ3v) is 7.72. The molecule has 0 spiro atoms. The molecule has 2 N–H and O–H groups in total. The highest BCUT2D eigenvalue weighted by Gasteiger charge is 2.47. The second-order valence-corrected chi connectivity index (χ2v) is 10.6. The normalized spacial score (nSPS) is 20.4. The van der Waals surface area contributed by atoms with Crippen LogP contribution in [-0.2, 0) is 24.4 Å². The van der Waals surface area contributed by atoms with Gasteiger partial charge < -0.3 is 4.90 Å². The summed E-state index contributed by atoms with van der Waals surface area (Å²) in [6, 6.07) is 13.5. The lowest BCUT2D eigenvalue weighted by Gasteiger charge is -2.37. The number of hydrogen-bond donors (Lipinski definition) is 1. The van der Waals surface area contributed by atoms with E-state index in [0.29, 0.717) is 0 Å². The number of hydrogen-bond acceptors (Lipinski definition) is 5. The monoisotopic (exact) mass is 483 g/mol. The number of imide groups is 1. The molecule has 2 unspecified atom stereocenters. The molecule has 4 rings (SSSR count). The van der Waals surface area contributed by atoms with Crippen molar-refractivity contribution in [2.75, 3.05) is 4.90 Å². The Morgan fingerprint density at radius 1 is 1.00 bits per heavy atom. The molecule has 3 amide bonds. The number of carbonyl (C=O) groups excluding carboxylic acids is 3. The van der Waals surface area contributed by atoms with E-state index in [1.54, 1.807) is 4.90 Å². The van der Waals surface area contributed by atoms with E-state index in [9.17, 15) is 22.8 Å². The molecule has 2 aliphatic rings. The Bertz CT molecular complexity index is 1170. The molecule has 0 radical (unpaired) electrons. The first kappa shape index (κ1) is 24.1. The van der Waals surface area contributed by atoms with Gasteiger partial charge in [-0.05, 0) is 49.6 Å². The second-order valence-electron chi connectivity index (χ2n) is 8.99. The lowest BCUT2D eigenvalue weighted by molar-refractivity contribution is -0.145. The molecule has 2 fully saturated rings. The highest BCUT2D eigenvalue weighted by Crippen LogP contribution is 2.35. The SMILES string of the molecule is CC(c1ccccc1)N(C(=O)C1CCCCC1)C1CC(=O)N(c2ccc(S(N)(=O)=O)cc2)C1=O. The van der Waals surface area contributed by atoms with Gasteiger partial charge in [0.15, 0.2) is 0 Å². The molecule has 1 aliphatic carbocycles. The number of nitrogens with two attached hydrogens (primary N) is 1. The van der Waals surface area contributed by atoms with E-state index in [0.717, 1.165) is 42.6 Å². The van der Waals surface area contributed by atoms with E-state index in [4.69, 9.17) is 5.14 Å². The van der Waals surface area contributed by atoms with Gasteiger partial charge >= 0.3 is 0 Å². The van der Waals surface area contributed by atoms with Gasteiger partial charge in [0.25, 0.3) is 5.91 Å². The van der Waals surface area contributed by atoms with Gasteiger partial charge in [-0.15, -0.1) is 0 Å². The maximum absolute atomic E-state index is 13.7. The zero-order valence-corrected chi connectivity index (χ0v) is 19.9. The largest absolute Gasteiger partial charge is 0.323 e. The van der Waals surface area contributed by atoms with Crippen LogP contribution in [0.1, 0.15) is 57.1 Å². The average molecular weight is 484 g/mol. The van der Waals surface area contributed by atoms with Crippen LogP contribution >= 0.6 is 0 Å². The molecule has 1 saturated carbocycles. The van der Waals surface area contributed by atoms with Crippen molar-refractivity contribution in [2.24, 2.45) is 11.1 Å². The van der Waals surface area contributed by atoms with E-state index < -0.39 is 27.9 Å². The Morgan fingerprint density at radius 3 is 2.21 bits per heavy atom. The number of carbonyl (C=O) groups is 3. The topological polar surface area (TPSA) is 118 Å². The van der Waals surface area contributed by atoms with Crippen molar-refractivity contribution in [3.63, 3.8) is 0 Å². The third kappa shape index (κ3) is 4.76. The number of sulfonamides is 1. The second kappa shape index (κ2) is 9.68. The van der Waals surface area contributed by atoms with Crippen LogP contribution in [0.3, 0.4) is 0 Å². The zero-order valence-electron chi connectivity index (χ0n) is 19.1. The smallest absolute Gasteiger partial charge is 0.257 e. The Labute approximate surface area is 199 Å². The fraction of sp³-hybridized carbons (Fsp3) is 0.400. The van der Waals surface area contributed by atoms with Gasteiger partial charge in [-0.25, -0.2) is 18.5 Å². The average Bonchev–Trinajstić information content (AvgIpc) is 3.13. The van der Waals surface area contributed by atoms with Crippen LogP contribution in [0.15, 0.2) is 59.5 Å². The van der Waals surface area contributed by atoms with Crippen LogP contribution < -0.4 is 10.0 Å². The first-order valence-corrected chi connectivity index (χ1v) is 13.1. The number of amides is 3. The minimum absolute atomic E-state index is 0.0892. The predicted molar refractivity (Wildman–Crippen MR) is 127 cm³/mol. The summed E-state index contributed by atoms with van der Waals surface area (Å²) in [6.07, 6.45) is 4.50. The summed E-state index contributed by atoms with van der Waals surface area (Å²) in [5.41, 5.74) is 1.14. The highest BCUT2D eigenvalue weighted by molar-refractivity contribution is 7.89. The molecule has 8 nitrogen and oxygen atoms in total. The molecule has 0 aromatic heterocycles. The summed E-state index contributed by atoms with van der Waals surface area (Å²) < 4.78 is 23.1. The Hall–Kier alpha value is -3.04. The van der Waals surface area contributed by atoms with E-state index in [-0.39, 0.29) is 34.9 Å². The molecule has 2 aromatic carbocycles. The summed E-state index contributed by atoms with van der Waals surface area (Å²) in [6.45, 7) is 1.89. The van der Waals surface area contributed by atoms with Crippen molar-refractivity contribution in [3.8, 4) is 0 Å². The molecule has 0 bridgehead atoms. The summed E-state index contributed by atoms with van der Waals surface area (Å²) in [7, 11) is -3.90. The standard InChI is InChI=1S/C25H29N3O5S/c1-17(18-8-4-2-5-9-18)27(24(30)19-10-6-3-7-11-19)22-16-23(29)28(25(22)31)20-12-14-21(15-13-20)34(26,32)33/h2,4-5,8-9,12-15,17,19,22H,3,6-7,10-11,16H2,1H3,(H2,26,32,33). The third-order valence-electron chi connectivity index (χ3n) is 6.79. The van der Waals surface area contributed by atoms with Gasteiger partial charge in [-0.1, -0.05) is 49.6 Å². The lowest BCUT2D eigenvalue weighted by atomic mass is 9.87. The molecule has 2 aromatic rings. The van der Waals surface area contributed by atoms with Gasteiger partial charge in [0.05, 0.1) is 23.0 Å². The maximum Gasteiger partial charge on any atom is 0.257 e. The van der Waals surface area contributed by atoms with Crippen LogP contribution in [0.5, 0.6) is 0 Å². The lowest BCUT2D eigenvalue weighted by Crippen LogP contribution is -2.49. The molecular formula is C25H29N3O5S. The van der Waals surface area contributed by atoms with Crippen molar-refractivity contribution >= 4 is 33.4 Å². The summed E-state index contributed by atoms with van der Waals surface area (Å²) in [4.78, 5) is 42.7. The Morgan fingerprint density at radius 2 is 1.62 bits per heavy atom. The summed E-state index contributed by atoms with van der Waals surface area (Å²) in [5.74, 6) is -1.17. The molecule has 1 saturated heterocycles. The highest BCUT2D eigenvalue weighted by atomic mass is 32.2. The van der Waals surface area contributed by atoms with E-state index >= 15 is 0 Å². The number of benzene rings is 2.